The summed E-state index contributed by atoms with van der Waals surface area (Å²) in [5.41, 5.74) is 1.73. The molecule has 8 heteroatoms. The Bertz CT molecular complexity index is 790. The lowest BCUT2D eigenvalue weighted by Crippen LogP contribution is -2.64. The van der Waals surface area contributed by atoms with Crippen molar-refractivity contribution in [3.8, 4) is 0 Å². The molecule has 220 valence electrons. The molecule has 1 saturated heterocycles. The summed E-state index contributed by atoms with van der Waals surface area (Å²) in [5.74, 6) is 0. The Hall–Kier alpha value is -0.196. The third-order valence-corrected chi connectivity index (χ3v) is 22.2. The molecule has 1 fully saturated rings. The van der Waals surface area contributed by atoms with Gasteiger partial charge in [-0.15, -0.1) is 0 Å². The van der Waals surface area contributed by atoms with Crippen molar-refractivity contribution in [2.24, 2.45) is 0 Å². The van der Waals surface area contributed by atoms with Crippen LogP contribution in [0, 0.1) is 0 Å². The van der Waals surface area contributed by atoms with E-state index in [4.69, 9.17) is 13.6 Å². The minimum atomic E-state index is -2.38. The van der Waals surface area contributed by atoms with Gasteiger partial charge < -0.3 is 23.8 Å². The first-order valence-electron chi connectivity index (χ1n) is 14.7. The number of benzene rings is 1. The Kier molecular flexibility index (Phi) is 12.6. The Balaban J connectivity index is 2.47. The van der Waals surface area contributed by atoms with Gasteiger partial charge in [0.1, 0.15) is 29.9 Å². The minimum absolute atomic E-state index is 0.306. The van der Waals surface area contributed by atoms with Crippen LogP contribution in [0.25, 0.3) is 0 Å². The molecular weight excluding hydrogens is 529 g/mol. The quantitative estimate of drug-likeness (QED) is 0.229. The van der Waals surface area contributed by atoms with Crippen LogP contribution in [0.4, 0.5) is 0 Å². The van der Waals surface area contributed by atoms with Crippen LogP contribution >= 0.6 is 11.8 Å². The molecule has 0 unspecified atom stereocenters. The highest BCUT2D eigenvalue weighted by molar-refractivity contribution is 7.99. The second kappa shape index (κ2) is 14.1. The number of thioether (sulfide) groups is 1. The summed E-state index contributed by atoms with van der Waals surface area (Å²) in [6, 6.07) is 10.0. The Labute approximate surface area is 239 Å². The fraction of sp³-hybridized carbons (Fsp3) is 0.800. The topological polar surface area (TPSA) is 68.2 Å². The van der Waals surface area contributed by atoms with Gasteiger partial charge in [0, 0.05) is 4.90 Å². The van der Waals surface area contributed by atoms with Crippen LogP contribution in [0.15, 0.2) is 35.2 Å². The molecule has 2 rings (SSSR count). The van der Waals surface area contributed by atoms with E-state index < -0.39 is 46.5 Å². The summed E-state index contributed by atoms with van der Waals surface area (Å²) >= 11 is 1.49. The van der Waals surface area contributed by atoms with Crippen molar-refractivity contribution in [3.05, 3.63) is 30.3 Å². The van der Waals surface area contributed by atoms with Gasteiger partial charge in [0.05, 0.1) is 6.61 Å². The highest BCUT2D eigenvalue weighted by Gasteiger charge is 2.54. The van der Waals surface area contributed by atoms with E-state index in [0.717, 1.165) is 4.90 Å². The van der Waals surface area contributed by atoms with E-state index in [1.165, 1.54) is 11.8 Å². The molecule has 0 radical (unpaired) electrons. The van der Waals surface area contributed by atoms with Gasteiger partial charge in [-0.1, -0.05) is 113 Å². The van der Waals surface area contributed by atoms with Crippen molar-refractivity contribution in [1.29, 1.82) is 0 Å². The maximum atomic E-state index is 11.7. The highest BCUT2D eigenvalue weighted by atomic mass is 32.2. The third kappa shape index (κ3) is 6.98. The van der Waals surface area contributed by atoms with Gasteiger partial charge in [-0.05, 0) is 45.4 Å². The van der Waals surface area contributed by atoms with Gasteiger partial charge in [-0.3, -0.25) is 0 Å². The Morgan fingerprint density at radius 2 is 1.16 bits per heavy atom. The molecular formula is C30H56O5SSi2. The number of rotatable bonds is 13. The lowest BCUT2D eigenvalue weighted by Gasteiger charge is -2.51. The van der Waals surface area contributed by atoms with Crippen LogP contribution in [0.2, 0.25) is 33.2 Å². The zero-order valence-electron chi connectivity index (χ0n) is 26.0. The molecule has 1 aliphatic rings. The molecule has 1 aliphatic heterocycles. The average Bonchev–Trinajstić information content (AvgIpc) is 2.81. The molecule has 0 aromatic heterocycles. The molecule has 0 bridgehead atoms. The monoisotopic (exact) mass is 584 g/mol. The first kappa shape index (κ1) is 34.0. The van der Waals surface area contributed by atoms with Gasteiger partial charge in [0.2, 0.25) is 8.32 Å². The number of hydrogen-bond acceptors (Lipinski definition) is 6. The Morgan fingerprint density at radius 3 is 1.58 bits per heavy atom. The van der Waals surface area contributed by atoms with Gasteiger partial charge in [-0.25, -0.2) is 0 Å². The third-order valence-electron chi connectivity index (χ3n) is 8.89. The SMILES string of the molecule is CC(C)[Si](OC[C@H]1O[C@@H](Sc2ccccc2)[C@H](O)[C@@H](O[Si](C(C)C)(C(C)C)C(C)C)[C@@H]1O)(C(C)C)C(C)C. The predicted octanol–water partition coefficient (Wildman–Crippen LogP) is 7.98. The molecule has 5 atom stereocenters. The first-order valence-corrected chi connectivity index (χ1v) is 19.8. The molecule has 0 amide bonds. The smallest absolute Gasteiger partial charge is 0.201 e. The fourth-order valence-corrected chi connectivity index (χ4v) is 19.4. The van der Waals surface area contributed by atoms with Crippen molar-refractivity contribution >= 4 is 28.4 Å². The van der Waals surface area contributed by atoms with E-state index in [9.17, 15) is 10.2 Å². The fourth-order valence-electron chi connectivity index (χ4n) is 7.28. The molecule has 0 spiro atoms. The van der Waals surface area contributed by atoms with Crippen LogP contribution in [0.3, 0.4) is 0 Å². The maximum Gasteiger partial charge on any atom is 0.201 e. The molecule has 1 aromatic carbocycles. The van der Waals surface area contributed by atoms with Crippen molar-refractivity contribution in [2.75, 3.05) is 6.61 Å². The maximum absolute atomic E-state index is 11.7. The largest absolute Gasteiger partial charge is 0.413 e. The van der Waals surface area contributed by atoms with Crippen molar-refractivity contribution in [2.45, 2.75) is 151 Å². The van der Waals surface area contributed by atoms with Crippen molar-refractivity contribution < 1.29 is 23.8 Å². The molecule has 0 aliphatic carbocycles. The van der Waals surface area contributed by atoms with Gasteiger partial charge in [-0.2, -0.15) is 0 Å². The zero-order chi connectivity index (χ0) is 29.0. The van der Waals surface area contributed by atoms with Crippen LogP contribution in [-0.2, 0) is 13.6 Å². The van der Waals surface area contributed by atoms with Gasteiger partial charge >= 0.3 is 0 Å². The molecule has 38 heavy (non-hydrogen) atoms. The number of aliphatic hydroxyl groups is 2. The lowest BCUT2D eigenvalue weighted by atomic mass is 10.0. The number of aliphatic hydroxyl groups excluding tert-OH is 2. The standard InChI is InChI=1S/C30H56O5SSi2/c1-19(2)37(20(3)4,21(5)6)33-18-26-27(31)29(35-38(22(7)8,23(9)10)24(11)12)28(32)30(34-26)36-25-16-14-13-15-17-25/h13-17,19-24,26-32H,18H2,1-12H3/t26-,27-,28-,29+,30+/m1/s1. The molecule has 5 nitrogen and oxygen atoms in total. The number of hydrogen-bond donors (Lipinski definition) is 2. The summed E-state index contributed by atoms with van der Waals surface area (Å²) in [6.45, 7) is 27.3. The average molecular weight is 585 g/mol. The summed E-state index contributed by atoms with van der Waals surface area (Å²) < 4.78 is 20.4. The minimum Gasteiger partial charge on any atom is -0.413 e. The van der Waals surface area contributed by atoms with E-state index in [-0.39, 0.29) is 0 Å². The summed E-state index contributed by atoms with van der Waals surface area (Å²) in [6.07, 6.45) is -3.24. The molecule has 1 heterocycles. The van der Waals surface area contributed by atoms with Gasteiger partial charge in [0.25, 0.3) is 0 Å². The predicted molar refractivity (Wildman–Crippen MR) is 166 cm³/mol. The van der Waals surface area contributed by atoms with E-state index >= 15 is 0 Å². The lowest BCUT2D eigenvalue weighted by molar-refractivity contribution is -0.200. The summed E-state index contributed by atoms with van der Waals surface area (Å²) in [7, 11) is -4.55. The second-order valence-electron chi connectivity index (χ2n) is 13.0. The second-order valence-corrected chi connectivity index (χ2v) is 25.0. The van der Waals surface area contributed by atoms with Crippen LogP contribution in [0.5, 0.6) is 0 Å². The highest BCUT2D eigenvalue weighted by Crippen LogP contribution is 2.46. The van der Waals surface area contributed by atoms with Crippen LogP contribution < -0.4 is 0 Å². The van der Waals surface area contributed by atoms with E-state index in [1.54, 1.807) is 0 Å². The molecule has 1 aromatic rings. The van der Waals surface area contributed by atoms with Gasteiger partial charge in [0.15, 0.2) is 8.32 Å². The molecule has 0 saturated carbocycles. The Morgan fingerprint density at radius 1 is 0.711 bits per heavy atom. The number of ether oxygens (including phenoxy) is 1. The zero-order valence-corrected chi connectivity index (χ0v) is 28.8. The van der Waals surface area contributed by atoms with Crippen molar-refractivity contribution in [1.82, 2.24) is 0 Å². The normalized spacial score (nSPS) is 25.5. The van der Waals surface area contributed by atoms with E-state index in [2.05, 4.69) is 83.1 Å². The van der Waals surface area contributed by atoms with E-state index in [0.29, 0.717) is 39.9 Å². The summed E-state index contributed by atoms with van der Waals surface area (Å²) in [4.78, 5) is 1.02. The summed E-state index contributed by atoms with van der Waals surface area (Å²) in [5, 5.41) is 23.4. The molecule has 2 N–H and O–H groups in total. The first-order chi connectivity index (χ1) is 17.6. The van der Waals surface area contributed by atoms with Crippen LogP contribution in [0.1, 0.15) is 83.1 Å². The van der Waals surface area contributed by atoms with Crippen LogP contribution in [-0.4, -0.2) is 63.3 Å². The van der Waals surface area contributed by atoms with Crippen molar-refractivity contribution in [3.63, 3.8) is 0 Å². The van der Waals surface area contributed by atoms with E-state index in [1.807, 2.05) is 30.3 Å².